The van der Waals surface area contributed by atoms with Gasteiger partial charge in [0.1, 0.15) is 5.75 Å². The first-order valence-corrected chi connectivity index (χ1v) is 6.85. The Balaban J connectivity index is 2.32. The normalized spacial score (nSPS) is 10.5. The van der Waals surface area contributed by atoms with E-state index in [2.05, 4.69) is 10.7 Å². The van der Waals surface area contributed by atoms with Crippen LogP contribution in [0.4, 0.5) is 0 Å². The number of carbonyl (C=O) groups is 3. The molecule has 120 valence electrons. The molecule has 0 aromatic heterocycles. The highest BCUT2D eigenvalue weighted by Crippen LogP contribution is 2.15. The number of halogens is 1. The van der Waals surface area contributed by atoms with Gasteiger partial charge in [-0.2, -0.15) is 0 Å². The van der Waals surface area contributed by atoms with E-state index in [0.717, 1.165) is 0 Å². The fraction of sp³-hybridized carbons (Fsp3) is 0.357. The molecule has 0 spiro atoms. The first-order chi connectivity index (χ1) is 10.2. The zero-order valence-corrected chi connectivity index (χ0v) is 13.3. The molecule has 3 N–H and O–H groups in total. The molecule has 0 radical (unpaired) electrons. The Hall–Kier alpha value is -2.28. The van der Waals surface area contributed by atoms with Crippen molar-refractivity contribution in [1.29, 1.82) is 0 Å². The van der Waals surface area contributed by atoms with Gasteiger partial charge in [-0.15, -0.1) is 0 Å². The smallest absolute Gasteiger partial charge is 0.327 e. The zero-order chi connectivity index (χ0) is 16.8. The van der Waals surface area contributed by atoms with Crippen LogP contribution in [0.15, 0.2) is 24.3 Å². The van der Waals surface area contributed by atoms with Gasteiger partial charge in [-0.05, 0) is 45.0 Å². The highest BCUT2D eigenvalue weighted by Gasteiger charge is 2.20. The van der Waals surface area contributed by atoms with Crippen LogP contribution in [-0.2, 0) is 14.4 Å². The molecule has 8 heteroatoms. The second-order valence-electron chi connectivity index (χ2n) is 5.45. The molecule has 0 bridgehead atoms. The summed E-state index contributed by atoms with van der Waals surface area (Å²) in [7, 11) is 0. The molecule has 0 aliphatic heterocycles. The summed E-state index contributed by atoms with van der Waals surface area (Å²) in [5, 5.41) is 3.01. The minimum Gasteiger partial charge on any atom is -0.484 e. The molecule has 0 heterocycles. The fourth-order valence-electron chi connectivity index (χ4n) is 1.30. The van der Waals surface area contributed by atoms with Crippen LogP contribution in [0.5, 0.6) is 5.75 Å². The van der Waals surface area contributed by atoms with Gasteiger partial charge in [0.15, 0.2) is 6.61 Å². The average molecular weight is 328 g/mol. The fourth-order valence-corrected chi connectivity index (χ4v) is 1.42. The lowest BCUT2D eigenvalue weighted by atomic mass is 10.1. The molecule has 1 aromatic rings. The minimum absolute atomic E-state index is 0.317. The third-order valence-electron chi connectivity index (χ3n) is 2.19. The first kappa shape index (κ1) is 17.8. The monoisotopic (exact) mass is 327 g/mol. The van der Waals surface area contributed by atoms with E-state index in [1.54, 1.807) is 45.0 Å². The number of nitrogens with one attached hydrogen (secondary N) is 3. The molecule has 0 fully saturated rings. The van der Waals surface area contributed by atoms with Crippen molar-refractivity contribution in [1.82, 2.24) is 16.2 Å². The third kappa shape index (κ3) is 6.94. The molecule has 0 atom stereocenters. The number of hydrazine groups is 1. The molecule has 1 rings (SSSR count). The standard InChI is InChI=1S/C14H18ClN3O4/c1-14(2,3)16-12(20)13(21)18-17-11(19)8-22-10-6-4-9(15)5-7-10/h4-7H,8H2,1-3H3,(H,16,20)(H,17,19)(H,18,21). The Labute approximate surface area is 133 Å². The number of hydrogen-bond donors (Lipinski definition) is 3. The lowest BCUT2D eigenvalue weighted by Gasteiger charge is -2.19. The Kier molecular flexibility index (Phi) is 6.18. The van der Waals surface area contributed by atoms with E-state index in [1.165, 1.54) is 0 Å². The number of ether oxygens (including phenoxy) is 1. The van der Waals surface area contributed by atoms with E-state index in [4.69, 9.17) is 16.3 Å². The van der Waals surface area contributed by atoms with Crippen LogP contribution in [0, 0.1) is 0 Å². The molecule has 1 aromatic carbocycles. The van der Waals surface area contributed by atoms with E-state index < -0.39 is 23.3 Å². The molecule has 3 amide bonds. The largest absolute Gasteiger partial charge is 0.484 e. The molecule has 7 nitrogen and oxygen atoms in total. The van der Waals surface area contributed by atoms with Gasteiger partial charge in [0.25, 0.3) is 5.91 Å². The van der Waals surface area contributed by atoms with E-state index >= 15 is 0 Å². The summed E-state index contributed by atoms with van der Waals surface area (Å²) in [5.74, 6) is -1.95. The predicted octanol–water partition coefficient (Wildman–Crippen LogP) is 0.781. The molecule has 0 unspecified atom stereocenters. The highest BCUT2D eigenvalue weighted by atomic mass is 35.5. The van der Waals surface area contributed by atoms with E-state index in [0.29, 0.717) is 10.8 Å². The Morgan fingerprint density at radius 3 is 2.18 bits per heavy atom. The van der Waals surface area contributed by atoms with Crippen LogP contribution in [0.3, 0.4) is 0 Å². The van der Waals surface area contributed by atoms with Crippen molar-refractivity contribution in [2.24, 2.45) is 0 Å². The molecule has 22 heavy (non-hydrogen) atoms. The summed E-state index contributed by atoms with van der Waals surface area (Å²) in [6.07, 6.45) is 0. The summed E-state index contributed by atoms with van der Waals surface area (Å²) in [4.78, 5) is 34.4. The van der Waals surface area contributed by atoms with Crippen molar-refractivity contribution in [3.05, 3.63) is 29.3 Å². The summed E-state index contributed by atoms with van der Waals surface area (Å²) in [5.41, 5.74) is 3.53. The zero-order valence-electron chi connectivity index (χ0n) is 12.5. The van der Waals surface area contributed by atoms with Crippen LogP contribution >= 0.6 is 11.6 Å². The van der Waals surface area contributed by atoms with Crippen molar-refractivity contribution in [2.75, 3.05) is 6.61 Å². The number of carbonyl (C=O) groups excluding carboxylic acids is 3. The Morgan fingerprint density at radius 1 is 1.05 bits per heavy atom. The minimum atomic E-state index is -0.963. The number of benzene rings is 1. The van der Waals surface area contributed by atoms with Crippen molar-refractivity contribution >= 4 is 29.3 Å². The van der Waals surface area contributed by atoms with E-state index in [-0.39, 0.29) is 6.61 Å². The van der Waals surface area contributed by atoms with Crippen LogP contribution in [0.2, 0.25) is 5.02 Å². The maximum atomic E-state index is 11.5. The molecule has 0 aliphatic carbocycles. The topological polar surface area (TPSA) is 96.5 Å². The van der Waals surface area contributed by atoms with Gasteiger partial charge in [-0.3, -0.25) is 25.2 Å². The van der Waals surface area contributed by atoms with Crippen molar-refractivity contribution in [2.45, 2.75) is 26.3 Å². The van der Waals surface area contributed by atoms with Gasteiger partial charge in [-0.25, -0.2) is 0 Å². The molecule has 0 aliphatic rings. The van der Waals surface area contributed by atoms with Gasteiger partial charge in [0.2, 0.25) is 0 Å². The summed E-state index contributed by atoms with van der Waals surface area (Å²) in [6, 6.07) is 6.44. The highest BCUT2D eigenvalue weighted by molar-refractivity contribution is 6.35. The average Bonchev–Trinajstić information content (AvgIpc) is 2.42. The second kappa shape index (κ2) is 7.65. The lowest BCUT2D eigenvalue weighted by molar-refractivity contribution is -0.141. The Bertz CT molecular complexity index is 552. The Morgan fingerprint density at radius 2 is 1.64 bits per heavy atom. The molecule has 0 saturated heterocycles. The summed E-state index contributed by atoms with van der Waals surface area (Å²) < 4.78 is 5.17. The van der Waals surface area contributed by atoms with E-state index in [1.807, 2.05) is 5.43 Å². The predicted molar refractivity (Wildman–Crippen MR) is 81.1 cm³/mol. The maximum absolute atomic E-state index is 11.5. The SMILES string of the molecule is CC(C)(C)NC(=O)C(=O)NNC(=O)COc1ccc(Cl)cc1. The van der Waals surface area contributed by atoms with Gasteiger partial charge in [-0.1, -0.05) is 11.6 Å². The van der Waals surface area contributed by atoms with Crippen LogP contribution < -0.4 is 20.9 Å². The first-order valence-electron chi connectivity index (χ1n) is 6.47. The quantitative estimate of drug-likeness (QED) is 0.564. The lowest BCUT2D eigenvalue weighted by Crippen LogP contribution is -2.53. The van der Waals surface area contributed by atoms with E-state index in [9.17, 15) is 14.4 Å². The second-order valence-corrected chi connectivity index (χ2v) is 5.89. The van der Waals surface area contributed by atoms with Crippen molar-refractivity contribution < 1.29 is 19.1 Å². The van der Waals surface area contributed by atoms with Crippen LogP contribution in [0.25, 0.3) is 0 Å². The van der Waals surface area contributed by atoms with Crippen LogP contribution in [0.1, 0.15) is 20.8 Å². The summed E-state index contributed by atoms with van der Waals surface area (Å²) in [6.45, 7) is 4.88. The van der Waals surface area contributed by atoms with Gasteiger partial charge >= 0.3 is 11.8 Å². The number of hydrogen-bond acceptors (Lipinski definition) is 4. The van der Waals surface area contributed by atoms with Crippen molar-refractivity contribution in [3.8, 4) is 5.75 Å². The number of rotatable bonds is 3. The van der Waals surface area contributed by atoms with Crippen molar-refractivity contribution in [3.63, 3.8) is 0 Å². The van der Waals surface area contributed by atoms with Gasteiger partial charge in [0.05, 0.1) is 0 Å². The van der Waals surface area contributed by atoms with Crippen LogP contribution in [-0.4, -0.2) is 29.9 Å². The summed E-state index contributed by atoms with van der Waals surface area (Å²) >= 11 is 5.71. The maximum Gasteiger partial charge on any atom is 0.327 e. The molecule has 0 saturated carbocycles. The third-order valence-corrected chi connectivity index (χ3v) is 2.45. The van der Waals surface area contributed by atoms with Gasteiger partial charge < -0.3 is 10.1 Å². The molecular weight excluding hydrogens is 310 g/mol. The van der Waals surface area contributed by atoms with Gasteiger partial charge in [0, 0.05) is 10.6 Å². The number of amides is 3. The molecular formula is C14H18ClN3O4.